The van der Waals surface area contributed by atoms with E-state index in [1.54, 1.807) is 0 Å². The number of amides is 1. The van der Waals surface area contributed by atoms with Crippen molar-refractivity contribution in [2.45, 2.75) is 38.3 Å². The molecule has 138 valence electrons. The molecule has 5 rings (SSSR count). The maximum absolute atomic E-state index is 11.6. The predicted molar refractivity (Wildman–Crippen MR) is 105 cm³/mol. The molecular weight excluding hydrogens is 338 g/mol. The molecule has 2 aromatic carbocycles. The summed E-state index contributed by atoms with van der Waals surface area (Å²) in [6.07, 6.45) is 4.82. The topological polar surface area (TPSA) is 56.1 Å². The zero-order valence-corrected chi connectivity index (χ0v) is 15.4. The van der Waals surface area contributed by atoms with Crippen LogP contribution in [0, 0.1) is 5.92 Å². The van der Waals surface area contributed by atoms with E-state index >= 15 is 0 Å². The molecule has 1 saturated heterocycles. The Hall–Kier alpha value is -2.82. The Morgan fingerprint density at radius 2 is 2.00 bits per heavy atom. The maximum Gasteiger partial charge on any atom is 0.220 e. The van der Waals surface area contributed by atoms with Crippen molar-refractivity contribution >= 4 is 16.9 Å². The third-order valence-corrected chi connectivity index (χ3v) is 5.67. The van der Waals surface area contributed by atoms with Crippen LogP contribution in [-0.2, 0) is 4.79 Å². The lowest BCUT2D eigenvalue weighted by Gasteiger charge is -2.21. The number of hydrogen-bond acceptors (Lipinski definition) is 3. The van der Waals surface area contributed by atoms with Gasteiger partial charge in [-0.15, -0.1) is 0 Å². The van der Waals surface area contributed by atoms with Crippen molar-refractivity contribution in [3.8, 4) is 16.9 Å². The van der Waals surface area contributed by atoms with E-state index in [4.69, 9.17) is 4.74 Å². The summed E-state index contributed by atoms with van der Waals surface area (Å²) in [5, 5.41) is 2.91. The zero-order valence-electron chi connectivity index (χ0n) is 15.4. The first-order chi connectivity index (χ1) is 13.2. The molecular formula is C22H23N3O2. The number of carbonyl (C=O) groups is 1. The molecule has 1 aliphatic heterocycles. The molecule has 1 aliphatic carbocycles. The van der Waals surface area contributed by atoms with Crippen LogP contribution in [0.25, 0.3) is 22.2 Å². The van der Waals surface area contributed by atoms with E-state index in [1.165, 1.54) is 12.8 Å². The summed E-state index contributed by atoms with van der Waals surface area (Å²) >= 11 is 0. The average Bonchev–Trinajstić information content (AvgIpc) is 3.28. The van der Waals surface area contributed by atoms with Crippen LogP contribution in [0.1, 0.15) is 32.2 Å². The van der Waals surface area contributed by atoms with Crippen molar-refractivity contribution in [1.29, 1.82) is 0 Å². The number of ether oxygens (including phenoxy) is 1. The van der Waals surface area contributed by atoms with Gasteiger partial charge in [0.25, 0.3) is 0 Å². The van der Waals surface area contributed by atoms with Gasteiger partial charge < -0.3 is 14.6 Å². The lowest BCUT2D eigenvalue weighted by molar-refractivity contribution is -0.119. The predicted octanol–water partition coefficient (Wildman–Crippen LogP) is 3.94. The molecule has 1 amide bonds. The Morgan fingerprint density at radius 1 is 1.19 bits per heavy atom. The molecule has 0 radical (unpaired) electrons. The molecule has 1 aromatic heterocycles. The van der Waals surface area contributed by atoms with E-state index in [1.807, 2.05) is 24.5 Å². The number of carbonyl (C=O) groups excluding carboxylic acids is 1. The second kappa shape index (κ2) is 6.41. The van der Waals surface area contributed by atoms with Crippen LogP contribution in [0.3, 0.4) is 0 Å². The van der Waals surface area contributed by atoms with E-state index in [0.717, 1.165) is 27.9 Å². The van der Waals surface area contributed by atoms with E-state index in [-0.39, 0.29) is 17.9 Å². The molecule has 0 bridgehead atoms. The maximum atomic E-state index is 11.6. The number of benzene rings is 2. The lowest BCUT2D eigenvalue weighted by atomic mass is 10.0. The quantitative estimate of drug-likeness (QED) is 0.749. The van der Waals surface area contributed by atoms with E-state index < -0.39 is 0 Å². The van der Waals surface area contributed by atoms with Crippen LogP contribution in [0.15, 0.2) is 48.8 Å². The average molecular weight is 361 g/mol. The van der Waals surface area contributed by atoms with Crippen molar-refractivity contribution in [3.05, 3.63) is 48.8 Å². The van der Waals surface area contributed by atoms with E-state index in [0.29, 0.717) is 19.0 Å². The van der Waals surface area contributed by atoms with Crippen LogP contribution in [0.2, 0.25) is 0 Å². The molecule has 3 aromatic rings. The number of nitrogens with one attached hydrogen (secondary N) is 1. The zero-order chi connectivity index (χ0) is 18.4. The van der Waals surface area contributed by atoms with Gasteiger partial charge in [-0.1, -0.05) is 30.3 Å². The molecule has 2 atom stereocenters. The Bertz CT molecular complexity index is 991. The Labute approximate surface area is 158 Å². The van der Waals surface area contributed by atoms with Crippen LogP contribution >= 0.6 is 0 Å². The second-order valence-electron chi connectivity index (χ2n) is 7.68. The monoisotopic (exact) mass is 361 g/mol. The van der Waals surface area contributed by atoms with Gasteiger partial charge in [-0.3, -0.25) is 4.79 Å². The first-order valence-corrected chi connectivity index (χ1v) is 9.68. The van der Waals surface area contributed by atoms with Gasteiger partial charge in [0, 0.05) is 24.9 Å². The third kappa shape index (κ3) is 3.07. The summed E-state index contributed by atoms with van der Waals surface area (Å²) in [7, 11) is 0. The highest BCUT2D eigenvalue weighted by Crippen LogP contribution is 2.41. The molecule has 27 heavy (non-hydrogen) atoms. The third-order valence-electron chi connectivity index (χ3n) is 5.67. The molecule has 0 spiro atoms. The first kappa shape index (κ1) is 16.4. The van der Waals surface area contributed by atoms with Crippen molar-refractivity contribution in [2.24, 2.45) is 5.92 Å². The van der Waals surface area contributed by atoms with Gasteiger partial charge >= 0.3 is 0 Å². The summed E-state index contributed by atoms with van der Waals surface area (Å²) in [6.45, 7) is 2.74. The summed E-state index contributed by atoms with van der Waals surface area (Å²) in [5.41, 5.74) is 4.29. The smallest absolute Gasteiger partial charge is 0.220 e. The summed E-state index contributed by atoms with van der Waals surface area (Å²) < 4.78 is 8.70. The van der Waals surface area contributed by atoms with Gasteiger partial charge in [0.15, 0.2) is 0 Å². The largest absolute Gasteiger partial charge is 0.488 e. The van der Waals surface area contributed by atoms with Gasteiger partial charge in [-0.2, -0.15) is 0 Å². The van der Waals surface area contributed by atoms with Crippen LogP contribution in [-0.4, -0.2) is 28.1 Å². The highest BCUT2D eigenvalue weighted by molar-refractivity contribution is 5.88. The fourth-order valence-corrected chi connectivity index (χ4v) is 3.91. The molecule has 2 aliphatic rings. The fourth-order valence-electron chi connectivity index (χ4n) is 3.91. The molecule has 1 N–H and O–H groups in total. The Kier molecular flexibility index (Phi) is 3.88. The van der Waals surface area contributed by atoms with Crippen molar-refractivity contribution < 1.29 is 9.53 Å². The minimum atomic E-state index is -0.0410. The standard InChI is InChI=1S/C22H23N3O2/c1-14(17-11-21(26)23-12-17)27-20-10-16(15-5-3-2-4-6-15)9-19-22(20)25(13-24-19)18-7-8-18/h2-6,9-10,13-14,17-18H,7-8,11-12H2,1H3,(H,23,26)/t14?,17-/m1/s1. The van der Waals surface area contributed by atoms with E-state index in [9.17, 15) is 4.79 Å². The van der Waals surface area contributed by atoms with Crippen LogP contribution in [0.4, 0.5) is 0 Å². The van der Waals surface area contributed by atoms with Gasteiger partial charge in [-0.25, -0.2) is 4.98 Å². The number of aromatic nitrogens is 2. The first-order valence-electron chi connectivity index (χ1n) is 9.68. The molecule has 5 heteroatoms. The van der Waals surface area contributed by atoms with Gasteiger partial charge in [0.05, 0.1) is 11.8 Å². The number of rotatable bonds is 5. The molecule has 5 nitrogen and oxygen atoms in total. The van der Waals surface area contributed by atoms with Gasteiger partial charge in [0.1, 0.15) is 17.4 Å². The fraction of sp³-hybridized carbons (Fsp3) is 0.364. The summed E-state index contributed by atoms with van der Waals surface area (Å²) in [6, 6.07) is 15.1. The second-order valence-corrected chi connectivity index (χ2v) is 7.68. The lowest BCUT2D eigenvalue weighted by Crippen LogP contribution is -2.25. The SMILES string of the molecule is CC(Oc1cc(-c2ccccc2)cc2ncn(C3CC3)c12)[C@H]1CNC(=O)C1. The molecule has 1 unspecified atom stereocenters. The highest BCUT2D eigenvalue weighted by Gasteiger charge is 2.30. The van der Waals surface area contributed by atoms with Crippen molar-refractivity contribution in [2.75, 3.05) is 6.54 Å². The number of hydrogen-bond donors (Lipinski definition) is 1. The summed E-state index contributed by atoms with van der Waals surface area (Å²) in [4.78, 5) is 16.3. The van der Waals surface area contributed by atoms with Crippen molar-refractivity contribution in [3.63, 3.8) is 0 Å². The normalized spacial score (nSPS) is 20.6. The van der Waals surface area contributed by atoms with Gasteiger partial charge in [0.2, 0.25) is 5.91 Å². The van der Waals surface area contributed by atoms with Crippen LogP contribution in [0.5, 0.6) is 5.75 Å². The Balaban J connectivity index is 1.57. The minimum absolute atomic E-state index is 0.0410. The van der Waals surface area contributed by atoms with E-state index in [2.05, 4.69) is 46.1 Å². The van der Waals surface area contributed by atoms with Gasteiger partial charge in [-0.05, 0) is 43.0 Å². The Morgan fingerprint density at radius 3 is 2.70 bits per heavy atom. The minimum Gasteiger partial charge on any atom is -0.488 e. The molecule has 1 saturated carbocycles. The number of nitrogens with zero attached hydrogens (tertiary/aromatic N) is 2. The highest BCUT2D eigenvalue weighted by atomic mass is 16.5. The molecule has 2 fully saturated rings. The number of imidazole rings is 1. The van der Waals surface area contributed by atoms with Crippen molar-refractivity contribution in [1.82, 2.24) is 14.9 Å². The number of fused-ring (bicyclic) bond motifs is 1. The van der Waals surface area contributed by atoms with Crippen LogP contribution < -0.4 is 10.1 Å². The summed E-state index contributed by atoms with van der Waals surface area (Å²) in [5.74, 6) is 1.18. The molecule has 2 heterocycles.